The number of carbonyl (C=O) groups is 3. The van der Waals surface area contributed by atoms with Gasteiger partial charge in [0.15, 0.2) is 11.5 Å². The van der Waals surface area contributed by atoms with Crippen LogP contribution in [0.3, 0.4) is 0 Å². The molecular weight excluding hydrogens is 505 g/mol. The molecule has 32 heavy (non-hydrogen) atoms. The van der Waals surface area contributed by atoms with Gasteiger partial charge in [-0.2, -0.15) is 0 Å². The second-order valence-corrected chi connectivity index (χ2v) is 8.55. The Balaban J connectivity index is 1.83. The first-order chi connectivity index (χ1) is 15.2. The Bertz CT molecular complexity index is 1090. The number of nitrogens with zero attached hydrogens (tertiary/aromatic N) is 1. The van der Waals surface area contributed by atoms with Crippen LogP contribution in [0.25, 0.3) is 6.08 Å². The smallest absolute Gasteiger partial charge is 0.328 e. The summed E-state index contributed by atoms with van der Waals surface area (Å²) < 4.78 is 29.5. The second-order valence-electron chi connectivity index (χ2n) is 6.70. The summed E-state index contributed by atoms with van der Waals surface area (Å²) in [5.74, 6) is -0.760. The highest BCUT2D eigenvalue weighted by Crippen LogP contribution is 2.39. The third kappa shape index (κ3) is 5.13. The van der Waals surface area contributed by atoms with Crippen LogP contribution in [0.1, 0.15) is 18.1 Å². The average molecular weight is 524 g/mol. The molecule has 1 aliphatic rings. The maximum atomic E-state index is 13.1. The number of carbonyl (C=O) groups excluding carboxylic acids is 3. The number of thioether (sulfide) groups is 1. The van der Waals surface area contributed by atoms with Gasteiger partial charge in [0.1, 0.15) is 18.5 Å². The topological polar surface area (TPSA) is 82.1 Å². The molecule has 2 amide bonds. The Morgan fingerprint density at radius 1 is 1.22 bits per heavy atom. The number of halogens is 2. The van der Waals surface area contributed by atoms with Gasteiger partial charge < -0.3 is 14.2 Å². The maximum Gasteiger partial charge on any atom is 0.328 e. The van der Waals surface area contributed by atoms with Gasteiger partial charge in [-0.1, -0.05) is 12.1 Å². The molecule has 0 aromatic heterocycles. The van der Waals surface area contributed by atoms with Crippen molar-refractivity contribution in [3.8, 4) is 11.5 Å². The number of benzene rings is 2. The van der Waals surface area contributed by atoms with Gasteiger partial charge in [0.2, 0.25) is 0 Å². The zero-order valence-corrected chi connectivity index (χ0v) is 19.8. The zero-order chi connectivity index (χ0) is 23.4. The highest BCUT2D eigenvalue weighted by atomic mass is 79.9. The minimum absolute atomic E-state index is 0.166. The fourth-order valence-corrected chi connectivity index (χ4v) is 4.42. The Hall–Kier alpha value is -2.85. The van der Waals surface area contributed by atoms with Crippen LogP contribution in [-0.2, 0) is 20.9 Å². The summed E-state index contributed by atoms with van der Waals surface area (Å²) in [4.78, 5) is 37.7. The molecule has 7 nitrogen and oxygen atoms in total. The molecule has 1 saturated heterocycles. The van der Waals surface area contributed by atoms with Gasteiger partial charge in [-0.3, -0.25) is 14.5 Å². The predicted octanol–water partition coefficient (Wildman–Crippen LogP) is 4.77. The van der Waals surface area contributed by atoms with Crippen molar-refractivity contribution in [1.29, 1.82) is 0 Å². The molecule has 2 aromatic carbocycles. The molecular formula is C22H19BrFNO6S. The third-order valence-corrected chi connectivity index (χ3v) is 6.07. The van der Waals surface area contributed by atoms with Gasteiger partial charge in [0.25, 0.3) is 11.1 Å². The largest absolute Gasteiger partial charge is 0.493 e. The number of amides is 2. The average Bonchev–Trinajstić information content (AvgIpc) is 3.05. The molecule has 168 valence electrons. The van der Waals surface area contributed by atoms with Gasteiger partial charge in [-0.25, -0.2) is 9.18 Å². The van der Waals surface area contributed by atoms with Crippen molar-refractivity contribution in [1.82, 2.24) is 4.90 Å². The molecule has 1 heterocycles. The zero-order valence-electron chi connectivity index (χ0n) is 17.4. The van der Waals surface area contributed by atoms with Crippen LogP contribution in [0.4, 0.5) is 9.18 Å². The molecule has 1 aliphatic heterocycles. The van der Waals surface area contributed by atoms with E-state index in [1.165, 1.54) is 39.4 Å². The van der Waals surface area contributed by atoms with Crippen LogP contribution >= 0.6 is 27.7 Å². The lowest BCUT2D eigenvalue weighted by Crippen LogP contribution is -2.42. The highest BCUT2D eigenvalue weighted by Gasteiger charge is 2.41. The van der Waals surface area contributed by atoms with E-state index in [-0.39, 0.29) is 17.3 Å². The minimum atomic E-state index is -1.03. The first-order valence-corrected chi connectivity index (χ1v) is 11.0. The summed E-state index contributed by atoms with van der Waals surface area (Å²) in [5, 5.41) is -0.551. The molecule has 10 heteroatoms. The van der Waals surface area contributed by atoms with Crippen molar-refractivity contribution in [3.63, 3.8) is 0 Å². The van der Waals surface area contributed by atoms with Crippen molar-refractivity contribution in [2.45, 2.75) is 19.6 Å². The van der Waals surface area contributed by atoms with Gasteiger partial charge in [-0.05, 0) is 76.1 Å². The van der Waals surface area contributed by atoms with Gasteiger partial charge in [0, 0.05) is 0 Å². The van der Waals surface area contributed by atoms with Crippen LogP contribution < -0.4 is 9.47 Å². The SMILES string of the molecule is COC(=O)[C@@H](C)N1C(=O)S/C(=C/c2cc(Br)c(OCc3ccc(F)cc3)c(OC)c2)C1=O. The van der Waals surface area contributed by atoms with Gasteiger partial charge >= 0.3 is 5.97 Å². The Morgan fingerprint density at radius 3 is 2.53 bits per heavy atom. The lowest BCUT2D eigenvalue weighted by atomic mass is 10.1. The number of esters is 1. The van der Waals surface area contributed by atoms with E-state index in [0.29, 0.717) is 21.5 Å². The first-order valence-electron chi connectivity index (χ1n) is 9.34. The van der Waals surface area contributed by atoms with Crippen LogP contribution in [0.2, 0.25) is 0 Å². The molecule has 2 aromatic rings. The van der Waals surface area contributed by atoms with Crippen molar-refractivity contribution < 1.29 is 33.0 Å². The number of hydrogen-bond donors (Lipinski definition) is 0. The van der Waals surface area contributed by atoms with E-state index >= 15 is 0 Å². The van der Waals surface area contributed by atoms with Crippen LogP contribution in [0.5, 0.6) is 11.5 Å². The van der Waals surface area contributed by atoms with Crippen LogP contribution in [0, 0.1) is 5.82 Å². The number of ether oxygens (including phenoxy) is 3. The van der Waals surface area contributed by atoms with Gasteiger partial charge in [-0.15, -0.1) is 0 Å². The Kier molecular flexibility index (Phi) is 7.57. The first kappa shape index (κ1) is 23.8. The lowest BCUT2D eigenvalue weighted by Gasteiger charge is -2.18. The molecule has 0 unspecified atom stereocenters. The Morgan fingerprint density at radius 2 is 1.91 bits per heavy atom. The van der Waals surface area contributed by atoms with Gasteiger partial charge in [0.05, 0.1) is 23.6 Å². The van der Waals surface area contributed by atoms with Crippen LogP contribution in [-0.4, -0.2) is 42.3 Å². The molecule has 0 saturated carbocycles. The highest BCUT2D eigenvalue weighted by molar-refractivity contribution is 9.10. The normalized spacial score (nSPS) is 15.8. The van der Waals surface area contributed by atoms with Crippen molar-refractivity contribution in [2.24, 2.45) is 0 Å². The molecule has 0 radical (unpaired) electrons. The molecule has 1 fully saturated rings. The number of rotatable bonds is 7. The van der Waals surface area contributed by atoms with E-state index in [9.17, 15) is 18.8 Å². The Labute approximate surface area is 196 Å². The molecule has 0 spiro atoms. The molecule has 1 atom stereocenters. The minimum Gasteiger partial charge on any atom is -0.493 e. The molecule has 0 aliphatic carbocycles. The fraction of sp³-hybridized carbons (Fsp3) is 0.227. The van der Waals surface area contributed by atoms with E-state index < -0.39 is 23.2 Å². The summed E-state index contributed by atoms with van der Waals surface area (Å²) in [6, 6.07) is 8.28. The fourth-order valence-electron chi connectivity index (χ4n) is 2.94. The standard InChI is InChI=1S/C22H19BrFNO6S/c1-12(21(27)30-3)25-20(26)18(32-22(25)28)10-14-8-16(23)19(17(9-14)29-2)31-11-13-4-6-15(24)7-5-13/h4-10,12H,11H2,1-3H3/b18-10+/t12-/m1/s1. The molecule has 0 bridgehead atoms. The van der Waals surface area contributed by atoms with Crippen LogP contribution in [0.15, 0.2) is 45.8 Å². The summed E-state index contributed by atoms with van der Waals surface area (Å²) in [5.41, 5.74) is 1.36. The summed E-state index contributed by atoms with van der Waals surface area (Å²) in [6.07, 6.45) is 1.53. The third-order valence-electron chi connectivity index (χ3n) is 4.60. The van der Waals surface area contributed by atoms with Crippen molar-refractivity contribution in [2.75, 3.05) is 14.2 Å². The van der Waals surface area contributed by atoms with Crippen molar-refractivity contribution >= 4 is 50.9 Å². The number of methoxy groups -OCH3 is 2. The van der Waals surface area contributed by atoms with E-state index in [2.05, 4.69) is 20.7 Å². The summed E-state index contributed by atoms with van der Waals surface area (Å²) in [6.45, 7) is 1.62. The maximum absolute atomic E-state index is 13.1. The molecule has 3 rings (SSSR count). The monoisotopic (exact) mass is 523 g/mol. The lowest BCUT2D eigenvalue weighted by molar-refractivity contribution is -0.148. The van der Waals surface area contributed by atoms with E-state index in [4.69, 9.17) is 9.47 Å². The number of hydrogen-bond acceptors (Lipinski definition) is 7. The summed E-state index contributed by atoms with van der Waals surface area (Å²) >= 11 is 4.18. The molecule has 0 N–H and O–H groups in total. The van der Waals surface area contributed by atoms with E-state index in [1.54, 1.807) is 24.3 Å². The summed E-state index contributed by atoms with van der Waals surface area (Å²) in [7, 11) is 2.67. The number of imide groups is 1. The van der Waals surface area contributed by atoms with E-state index in [1.807, 2.05) is 0 Å². The quantitative estimate of drug-likeness (QED) is 0.381. The second kappa shape index (κ2) is 10.2. The van der Waals surface area contributed by atoms with E-state index in [0.717, 1.165) is 22.2 Å². The predicted molar refractivity (Wildman–Crippen MR) is 121 cm³/mol. The van der Waals surface area contributed by atoms with Crippen molar-refractivity contribution in [3.05, 3.63) is 62.7 Å².